The Morgan fingerprint density at radius 3 is 2.50 bits per heavy atom. The highest BCUT2D eigenvalue weighted by molar-refractivity contribution is 7.89. The van der Waals surface area contributed by atoms with E-state index in [1.165, 1.54) is 0 Å². The Labute approximate surface area is 120 Å². The van der Waals surface area contributed by atoms with Crippen LogP contribution in [0.15, 0.2) is 47.4 Å². The number of benzene rings is 2. The van der Waals surface area contributed by atoms with Gasteiger partial charge in [0.2, 0.25) is 10.0 Å². The highest BCUT2D eigenvalue weighted by atomic mass is 32.2. The quantitative estimate of drug-likeness (QED) is 0.939. The van der Waals surface area contributed by atoms with Gasteiger partial charge in [0, 0.05) is 11.9 Å². The van der Waals surface area contributed by atoms with Crippen LogP contribution >= 0.6 is 0 Å². The lowest BCUT2D eigenvalue weighted by Crippen LogP contribution is -2.27. The summed E-state index contributed by atoms with van der Waals surface area (Å²) in [5.74, 6) is 0.451. The Bertz CT molecular complexity index is 745. The molecule has 0 aromatic heterocycles. The van der Waals surface area contributed by atoms with E-state index in [9.17, 15) is 8.42 Å². The summed E-state index contributed by atoms with van der Waals surface area (Å²) in [6.07, 6.45) is 1.09. The number of hydrogen-bond donors (Lipinski definition) is 1. The largest absolute Gasteiger partial charge is 0.241 e. The van der Waals surface area contributed by atoms with Crippen molar-refractivity contribution in [1.82, 2.24) is 4.72 Å². The highest BCUT2D eigenvalue weighted by Gasteiger charge is 2.45. The summed E-state index contributed by atoms with van der Waals surface area (Å²) in [7, 11) is -3.44. The second-order valence-corrected chi connectivity index (χ2v) is 7.95. The van der Waals surface area contributed by atoms with Crippen LogP contribution in [0.25, 0.3) is 10.8 Å². The summed E-state index contributed by atoms with van der Waals surface area (Å²) >= 11 is 0. The molecule has 2 aromatic rings. The molecule has 3 rings (SSSR count). The average molecular weight is 289 g/mol. The summed E-state index contributed by atoms with van der Waals surface area (Å²) in [5, 5.41) is 1.72. The van der Waals surface area contributed by atoms with Crippen LogP contribution in [-0.4, -0.2) is 15.0 Å². The van der Waals surface area contributed by atoms with Gasteiger partial charge in [-0.3, -0.25) is 0 Å². The zero-order valence-corrected chi connectivity index (χ0v) is 12.6. The Kier molecular flexibility index (Phi) is 3.10. The molecular weight excluding hydrogens is 270 g/mol. The molecular formula is C16H19NO2S. The molecule has 0 aliphatic heterocycles. The van der Waals surface area contributed by atoms with Gasteiger partial charge in [0.05, 0.1) is 4.90 Å². The van der Waals surface area contributed by atoms with E-state index in [4.69, 9.17) is 0 Å². The van der Waals surface area contributed by atoms with Gasteiger partial charge in [-0.1, -0.05) is 50.2 Å². The minimum atomic E-state index is -3.44. The summed E-state index contributed by atoms with van der Waals surface area (Å²) in [6.45, 7) is 4.87. The van der Waals surface area contributed by atoms with Crippen molar-refractivity contribution in [2.75, 3.05) is 6.54 Å². The molecule has 4 heteroatoms. The molecule has 1 aliphatic rings. The van der Waals surface area contributed by atoms with Gasteiger partial charge in [-0.25, -0.2) is 13.1 Å². The lowest BCUT2D eigenvalue weighted by atomic mass is 10.1. The van der Waals surface area contributed by atoms with Crippen LogP contribution in [0.4, 0.5) is 0 Å². The van der Waals surface area contributed by atoms with E-state index in [2.05, 4.69) is 18.6 Å². The number of sulfonamides is 1. The van der Waals surface area contributed by atoms with Crippen molar-refractivity contribution in [3.63, 3.8) is 0 Å². The number of nitrogens with one attached hydrogen (secondary N) is 1. The molecule has 1 atom stereocenters. The van der Waals surface area contributed by atoms with Crippen LogP contribution < -0.4 is 4.72 Å². The molecule has 2 aromatic carbocycles. The molecule has 1 aliphatic carbocycles. The molecule has 1 N–H and O–H groups in total. The molecule has 3 nitrogen and oxygen atoms in total. The van der Waals surface area contributed by atoms with Gasteiger partial charge < -0.3 is 0 Å². The van der Waals surface area contributed by atoms with Crippen molar-refractivity contribution < 1.29 is 8.42 Å². The zero-order valence-electron chi connectivity index (χ0n) is 11.8. The van der Waals surface area contributed by atoms with Crippen molar-refractivity contribution in [2.45, 2.75) is 25.2 Å². The minimum absolute atomic E-state index is 0.279. The molecule has 1 unspecified atom stereocenters. The van der Waals surface area contributed by atoms with E-state index >= 15 is 0 Å². The molecule has 1 saturated carbocycles. The Morgan fingerprint density at radius 2 is 1.80 bits per heavy atom. The maximum atomic E-state index is 12.5. The smallest absolute Gasteiger partial charge is 0.211 e. The highest BCUT2D eigenvalue weighted by Crippen LogP contribution is 2.51. The first-order chi connectivity index (χ1) is 9.40. The van der Waals surface area contributed by atoms with E-state index < -0.39 is 10.0 Å². The minimum Gasteiger partial charge on any atom is -0.211 e. The molecule has 20 heavy (non-hydrogen) atoms. The van der Waals surface area contributed by atoms with Crippen LogP contribution in [0.5, 0.6) is 0 Å². The summed E-state index contributed by atoms with van der Waals surface area (Å²) in [5.41, 5.74) is 0.279. The maximum absolute atomic E-state index is 12.5. The summed E-state index contributed by atoms with van der Waals surface area (Å²) < 4.78 is 27.7. The fraction of sp³-hybridized carbons (Fsp3) is 0.375. The van der Waals surface area contributed by atoms with Crippen LogP contribution in [-0.2, 0) is 10.0 Å². The van der Waals surface area contributed by atoms with Gasteiger partial charge in [-0.2, -0.15) is 0 Å². The predicted octanol–water partition coefficient (Wildman–Crippen LogP) is 3.16. The van der Waals surface area contributed by atoms with Gasteiger partial charge in [0.15, 0.2) is 0 Å². The lowest BCUT2D eigenvalue weighted by Gasteiger charge is -2.10. The average Bonchev–Trinajstić information content (AvgIpc) is 3.04. The Balaban J connectivity index is 1.89. The third-order valence-corrected chi connectivity index (χ3v) is 5.76. The van der Waals surface area contributed by atoms with Crippen LogP contribution in [0.1, 0.15) is 20.3 Å². The molecule has 0 radical (unpaired) electrons. The van der Waals surface area contributed by atoms with Crippen molar-refractivity contribution in [3.05, 3.63) is 42.5 Å². The van der Waals surface area contributed by atoms with E-state index in [1.807, 2.05) is 30.3 Å². The van der Waals surface area contributed by atoms with Crippen molar-refractivity contribution in [2.24, 2.45) is 11.3 Å². The normalized spacial score (nSPS) is 21.0. The molecule has 0 heterocycles. The number of rotatable bonds is 4. The van der Waals surface area contributed by atoms with Gasteiger partial charge in [-0.15, -0.1) is 0 Å². The van der Waals surface area contributed by atoms with Crippen LogP contribution in [0, 0.1) is 11.3 Å². The molecule has 0 bridgehead atoms. The van der Waals surface area contributed by atoms with E-state index in [1.54, 1.807) is 12.1 Å². The lowest BCUT2D eigenvalue weighted by molar-refractivity contribution is 0.538. The standard InChI is InChI=1S/C16H19NO2S/c1-16(2)10-13(16)11-17-20(18,19)15-9-5-7-12-6-3-4-8-14(12)15/h3-9,13,17H,10-11H2,1-2H3. The fourth-order valence-electron chi connectivity index (χ4n) is 2.64. The zero-order chi connectivity index (χ0) is 14.4. The van der Waals surface area contributed by atoms with Crippen LogP contribution in [0.3, 0.4) is 0 Å². The van der Waals surface area contributed by atoms with Crippen molar-refractivity contribution >= 4 is 20.8 Å². The topological polar surface area (TPSA) is 46.2 Å². The SMILES string of the molecule is CC1(C)CC1CNS(=O)(=O)c1cccc2ccccc12. The van der Waals surface area contributed by atoms with Gasteiger partial charge in [0.25, 0.3) is 0 Å². The second kappa shape index (κ2) is 4.57. The fourth-order valence-corrected chi connectivity index (χ4v) is 3.95. The second-order valence-electron chi connectivity index (χ2n) is 6.22. The Morgan fingerprint density at radius 1 is 1.15 bits per heavy atom. The maximum Gasteiger partial charge on any atom is 0.241 e. The summed E-state index contributed by atoms with van der Waals surface area (Å²) in [6, 6.07) is 13.0. The third-order valence-electron chi connectivity index (χ3n) is 4.28. The third kappa shape index (κ3) is 2.45. The first-order valence-electron chi connectivity index (χ1n) is 6.88. The molecule has 0 amide bonds. The van der Waals surface area contributed by atoms with Gasteiger partial charge >= 0.3 is 0 Å². The van der Waals surface area contributed by atoms with E-state index in [-0.39, 0.29) is 5.41 Å². The first kappa shape index (κ1) is 13.6. The predicted molar refractivity (Wildman–Crippen MR) is 81.0 cm³/mol. The number of hydrogen-bond acceptors (Lipinski definition) is 2. The molecule has 0 saturated heterocycles. The van der Waals surface area contributed by atoms with E-state index in [0.717, 1.165) is 17.2 Å². The molecule has 0 spiro atoms. The molecule has 106 valence electrons. The van der Waals surface area contributed by atoms with Gasteiger partial charge in [0.1, 0.15) is 0 Å². The van der Waals surface area contributed by atoms with Crippen LogP contribution in [0.2, 0.25) is 0 Å². The van der Waals surface area contributed by atoms with Crippen molar-refractivity contribution in [3.8, 4) is 0 Å². The molecule has 1 fully saturated rings. The Hall–Kier alpha value is -1.39. The summed E-state index contributed by atoms with van der Waals surface area (Å²) in [4.78, 5) is 0.369. The first-order valence-corrected chi connectivity index (χ1v) is 8.36. The van der Waals surface area contributed by atoms with E-state index in [0.29, 0.717) is 17.4 Å². The monoisotopic (exact) mass is 289 g/mol. The number of fused-ring (bicyclic) bond motifs is 1. The van der Waals surface area contributed by atoms with Crippen molar-refractivity contribution in [1.29, 1.82) is 0 Å². The van der Waals surface area contributed by atoms with Gasteiger partial charge in [-0.05, 0) is 29.2 Å².